The lowest BCUT2D eigenvalue weighted by atomic mass is 9.79. The molecule has 3 heterocycles. The van der Waals surface area contributed by atoms with Crippen molar-refractivity contribution in [2.75, 3.05) is 0 Å². The van der Waals surface area contributed by atoms with E-state index in [1.54, 1.807) is 0 Å². The second-order valence-electron chi connectivity index (χ2n) is 18.0. The second-order valence-corrected chi connectivity index (χ2v) is 19.1. The summed E-state index contributed by atoms with van der Waals surface area (Å²) in [6.07, 6.45) is 1.87. The molecule has 0 aliphatic rings. The van der Waals surface area contributed by atoms with E-state index < -0.39 is 0 Å². The molecule has 3 aromatic heterocycles. The average molecular weight is 810 g/mol. The molecule has 61 heavy (non-hydrogen) atoms. The molecule has 7 aromatic carbocycles. The smallest absolute Gasteiger partial charge is 0.149 e. The Labute approximate surface area is 361 Å². The van der Waals surface area contributed by atoms with Crippen molar-refractivity contribution in [3.05, 3.63) is 181 Å². The molecular weight excluding hydrogens is 763 g/mol. The van der Waals surface area contributed by atoms with Gasteiger partial charge in [0, 0.05) is 48.6 Å². The molecule has 0 fully saturated rings. The zero-order valence-electron chi connectivity index (χ0n) is 35.4. The van der Waals surface area contributed by atoms with Gasteiger partial charge in [-0.3, -0.25) is 9.55 Å². The summed E-state index contributed by atoms with van der Waals surface area (Å²) >= 11 is 1.81. The van der Waals surface area contributed by atoms with Crippen LogP contribution in [-0.2, 0) is 10.8 Å². The predicted octanol–water partition coefficient (Wildman–Crippen LogP) is 15.4. The monoisotopic (exact) mass is 809 g/mol. The number of phenolic OH excluding ortho intramolecular Hbond substituents is 1. The van der Waals surface area contributed by atoms with Crippen LogP contribution >= 0.6 is 11.3 Å². The van der Waals surface area contributed by atoms with E-state index in [1.165, 1.54) is 20.2 Å². The maximum Gasteiger partial charge on any atom is 0.149 e. The first-order valence-electron chi connectivity index (χ1n) is 21.0. The molecule has 0 unspecified atom stereocenters. The first-order valence-corrected chi connectivity index (χ1v) is 21.8. The molecule has 10 aromatic rings. The van der Waals surface area contributed by atoms with Crippen LogP contribution in [0.25, 0.3) is 92.9 Å². The fourth-order valence-corrected chi connectivity index (χ4v) is 9.86. The van der Waals surface area contributed by atoms with Crippen LogP contribution in [0, 0.1) is 0 Å². The third-order valence-electron chi connectivity index (χ3n) is 11.9. The summed E-state index contributed by atoms with van der Waals surface area (Å²) in [7, 11) is 0. The molecule has 0 saturated carbocycles. The number of rotatable bonds is 6. The number of benzene rings is 7. The minimum Gasteiger partial charge on any atom is -0.507 e. The van der Waals surface area contributed by atoms with Gasteiger partial charge in [-0.2, -0.15) is 0 Å². The lowest BCUT2D eigenvalue weighted by Gasteiger charge is -2.27. The van der Waals surface area contributed by atoms with Crippen molar-refractivity contribution >= 4 is 42.5 Å². The highest BCUT2D eigenvalue weighted by atomic mass is 32.1. The molecule has 10 rings (SSSR count). The third-order valence-corrected chi connectivity index (χ3v) is 13.0. The van der Waals surface area contributed by atoms with Crippen molar-refractivity contribution in [2.45, 2.75) is 52.4 Å². The van der Waals surface area contributed by atoms with Crippen molar-refractivity contribution in [3.8, 4) is 67.5 Å². The maximum atomic E-state index is 12.5. The number of aromatic hydroxyl groups is 1. The van der Waals surface area contributed by atoms with Gasteiger partial charge in [0.25, 0.3) is 0 Å². The van der Waals surface area contributed by atoms with E-state index in [-0.39, 0.29) is 16.6 Å². The molecule has 0 aliphatic heterocycles. The fourth-order valence-electron chi connectivity index (χ4n) is 8.69. The van der Waals surface area contributed by atoms with E-state index in [4.69, 9.17) is 9.97 Å². The summed E-state index contributed by atoms with van der Waals surface area (Å²) in [5, 5.41) is 15.0. The van der Waals surface area contributed by atoms with Gasteiger partial charge in [-0.15, -0.1) is 11.3 Å². The van der Waals surface area contributed by atoms with E-state index in [2.05, 4.69) is 204 Å². The molecule has 0 aliphatic carbocycles. The lowest BCUT2D eigenvalue weighted by Crippen LogP contribution is -2.17. The Balaban J connectivity index is 1.32. The minimum absolute atomic E-state index is 0.182. The van der Waals surface area contributed by atoms with Crippen LogP contribution in [0.15, 0.2) is 170 Å². The average Bonchev–Trinajstić information content (AvgIpc) is 3.85. The summed E-state index contributed by atoms with van der Waals surface area (Å²) in [6, 6.07) is 58.1. The Morgan fingerprint density at radius 1 is 0.525 bits per heavy atom. The van der Waals surface area contributed by atoms with Gasteiger partial charge >= 0.3 is 0 Å². The molecule has 0 atom stereocenters. The van der Waals surface area contributed by atoms with Gasteiger partial charge in [0.1, 0.15) is 11.6 Å². The zero-order chi connectivity index (χ0) is 42.0. The number of phenols is 1. The van der Waals surface area contributed by atoms with Crippen LogP contribution in [0.3, 0.4) is 0 Å². The van der Waals surface area contributed by atoms with Gasteiger partial charge in [0.15, 0.2) is 0 Å². The van der Waals surface area contributed by atoms with Gasteiger partial charge in [0.05, 0.1) is 28.0 Å². The van der Waals surface area contributed by atoms with E-state index in [1.807, 2.05) is 23.6 Å². The Bertz CT molecular complexity index is 3260. The molecule has 5 heteroatoms. The Morgan fingerprint density at radius 3 is 1.95 bits per heavy atom. The molecule has 0 saturated heterocycles. The zero-order valence-corrected chi connectivity index (χ0v) is 36.2. The number of hydrogen-bond acceptors (Lipinski definition) is 4. The Morgan fingerprint density at radius 2 is 1.23 bits per heavy atom. The highest BCUT2D eigenvalue weighted by Gasteiger charge is 2.29. The van der Waals surface area contributed by atoms with E-state index in [9.17, 15) is 5.11 Å². The number of hydrogen-bond donors (Lipinski definition) is 1. The van der Waals surface area contributed by atoms with Gasteiger partial charge in [-0.1, -0.05) is 151 Å². The number of nitrogens with zero attached hydrogens (tertiary/aromatic N) is 3. The topological polar surface area (TPSA) is 50.9 Å². The largest absolute Gasteiger partial charge is 0.507 e. The van der Waals surface area contributed by atoms with Crippen molar-refractivity contribution in [1.29, 1.82) is 0 Å². The summed E-state index contributed by atoms with van der Waals surface area (Å²) in [6.45, 7) is 13.2. The SMILES string of the molecule is CC(C)(C)c1cc(-c2nc3c(-c4cc(-c5ccccn5)c5c(c4)sc4ccccc45)cccc3n2-c2ccc(-c3ccccc3)cc2-c2ccccc2)c(O)c(C(C)(C)C)c1. The van der Waals surface area contributed by atoms with Crippen LogP contribution in [0.2, 0.25) is 0 Å². The van der Waals surface area contributed by atoms with Crippen LogP contribution in [-0.4, -0.2) is 19.6 Å². The molecule has 0 bridgehead atoms. The normalized spacial score (nSPS) is 12.2. The summed E-state index contributed by atoms with van der Waals surface area (Å²) in [5.41, 5.74) is 13.6. The van der Waals surface area contributed by atoms with Crippen LogP contribution in [0.1, 0.15) is 52.7 Å². The van der Waals surface area contributed by atoms with Gasteiger partial charge < -0.3 is 5.11 Å². The Kier molecular flexibility index (Phi) is 9.26. The van der Waals surface area contributed by atoms with Crippen molar-refractivity contribution in [3.63, 3.8) is 0 Å². The van der Waals surface area contributed by atoms with Crippen molar-refractivity contribution in [1.82, 2.24) is 14.5 Å². The standard InChI is InChI=1S/C56H47N3OS/c1-55(2,3)39-33-44(53(60)45(34-39)56(4,5)6)54-58-52-40(38-31-43(46-24-15-16-29-57-46)51-41-22-13-14-26-49(41)61-50(51)32-38)23-17-25-48(52)59(54)47-28-27-37(35-18-9-7-10-19-35)30-42(47)36-20-11-8-12-21-36/h7-34,60H,1-6H3. The van der Waals surface area contributed by atoms with Crippen LogP contribution < -0.4 is 0 Å². The molecule has 0 spiro atoms. The van der Waals surface area contributed by atoms with Gasteiger partial charge in [0.2, 0.25) is 0 Å². The number of thiophene rings is 1. The summed E-state index contributed by atoms with van der Waals surface area (Å²) in [5.74, 6) is 0.944. The van der Waals surface area contributed by atoms with Gasteiger partial charge in [-0.25, -0.2) is 4.98 Å². The number of fused-ring (bicyclic) bond motifs is 4. The quantitative estimate of drug-likeness (QED) is 0.182. The van der Waals surface area contributed by atoms with E-state index in [0.717, 1.165) is 72.5 Å². The molecular formula is C56H47N3OS. The highest BCUT2D eigenvalue weighted by molar-refractivity contribution is 7.26. The highest BCUT2D eigenvalue weighted by Crippen LogP contribution is 2.47. The summed E-state index contributed by atoms with van der Waals surface area (Å²) in [4.78, 5) is 10.5. The molecule has 4 nitrogen and oxygen atoms in total. The minimum atomic E-state index is -0.323. The summed E-state index contributed by atoms with van der Waals surface area (Å²) < 4.78 is 4.72. The number of imidazole rings is 1. The first-order chi connectivity index (χ1) is 29.4. The fraction of sp³-hybridized carbons (Fsp3) is 0.143. The molecule has 298 valence electrons. The second kappa shape index (κ2) is 14.7. The predicted molar refractivity (Wildman–Crippen MR) is 258 cm³/mol. The molecule has 1 N–H and O–H groups in total. The molecule has 0 radical (unpaired) electrons. The lowest BCUT2D eigenvalue weighted by molar-refractivity contribution is 0.446. The van der Waals surface area contributed by atoms with Crippen LogP contribution in [0.4, 0.5) is 0 Å². The van der Waals surface area contributed by atoms with Crippen molar-refractivity contribution in [2.24, 2.45) is 0 Å². The van der Waals surface area contributed by atoms with Crippen LogP contribution in [0.5, 0.6) is 5.75 Å². The molecule has 0 amide bonds. The van der Waals surface area contributed by atoms with Gasteiger partial charge in [-0.05, 0) is 93.2 Å². The van der Waals surface area contributed by atoms with E-state index >= 15 is 0 Å². The Hall–Kier alpha value is -6.82. The van der Waals surface area contributed by atoms with Crippen molar-refractivity contribution < 1.29 is 5.11 Å². The number of pyridine rings is 1. The number of aromatic nitrogens is 3. The maximum absolute atomic E-state index is 12.5. The van der Waals surface area contributed by atoms with E-state index in [0.29, 0.717) is 11.4 Å². The number of para-hydroxylation sites is 1. The third kappa shape index (κ3) is 6.79. The first kappa shape index (κ1) is 38.4.